The number of aryl methyl sites for hydroxylation is 1. The van der Waals surface area contributed by atoms with Crippen molar-refractivity contribution >= 4 is 16.8 Å². The van der Waals surface area contributed by atoms with Crippen molar-refractivity contribution in [1.82, 2.24) is 4.57 Å². The van der Waals surface area contributed by atoms with E-state index in [1.54, 1.807) is 0 Å². The first-order valence-corrected chi connectivity index (χ1v) is 6.76. The Morgan fingerprint density at radius 2 is 1.74 bits per heavy atom. The molecule has 0 atom stereocenters. The number of hydrogen-bond acceptors (Lipinski definition) is 1. The molecule has 0 unspecified atom stereocenters. The van der Waals surface area contributed by atoms with Crippen LogP contribution in [0.1, 0.15) is 61.1 Å². The van der Waals surface area contributed by atoms with E-state index in [2.05, 4.69) is 39.8 Å². The number of nitrogens with zero attached hydrogens (tertiary/aromatic N) is 1. The molecule has 0 aliphatic heterocycles. The third-order valence-corrected chi connectivity index (χ3v) is 3.72. The van der Waals surface area contributed by atoms with E-state index in [1.165, 1.54) is 11.1 Å². The molecule has 2 rings (SSSR count). The second kappa shape index (κ2) is 4.72. The number of hydrogen-bond donors (Lipinski definition) is 1. The Kier molecular flexibility index (Phi) is 3.40. The molecule has 1 amide bonds. The van der Waals surface area contributed by atoms with E-state index in [0.29, 0.717) is 17.5 Å². The number of carbonyl (C=O) groups excluding carboxylic acids is 1. The molecule has 19 heavy (non-hydrogen) atoms. The van der Waals surface area contributed by atoms with E-state index >= 15 is 0 Å². The number of benzene rings is 1. The third kappa shape index (κ3) is 2.25. The molecule has 102 valence electrons. The minimum Gasteiger partial charge on any atom is -0.364 e. The first-order valence-electron chi connectivity index (χ1n) is 6.76. The van der Waals surface area contributed by atoms with Crippen molar-refractivity contribution in [2.24, 2.45) is 12.8 Å². The fourth-order valence-electron chi connectivity index (χ4n) is 2.58. The van der Waals surface area contributed by atoms with E-state index in [1.807, 2.05) is 17.7 Å². The lowest BCUT2D eigenvalue weighted by Crippen LogP contribution is -2.15. The van der Waals surface area contributed by atoms with Crippen LogP contribution in [0.5, 0.6) is 0 Å². The van der Waals surface area contributed by atoms with Gasteiger partial charge in [-0.15, -0.1) is 0 Å². The van der Waals surface area contributed by atoms with Crippen LogP contribution in [-0.2, 0) is 7.05 Å². The van der Waals surface area contributed by atoms with Gasteiger partial charge in [-0.05, 0) is 35.1 Å². The molecule has 0 radical (unpaired) electrons. The number of amides is 1. The zero-order valence-corrected chi connectivity index (χ0v) is 12.3. The Hall–Kier alpha value is -1.77. The van der Waals surface area contributed by atoms with Gasteiger partial charge in [-0.25, -0.2) is 0 Å². The number of nitrogens with two attached hydrogens (primary N) is 1. The van der Waals surface area contributed by atoms with Gasteiger partial charge in [0, 0.05) is 12.4 Å². The highest BCUT2D eigenvalue weighted by Gasteiger charge is 2.16. The Labute approximate surface area is 114 Å². The zero-order valence-electron chi connectivity index (χ0n) is 12.3. The normalized spacial score (nSPS) is 11.7. The number of aromatic nitrogens is 1. The lowest BCUT2D eigenvalue weighted by Gasteiger charge is -2.14. The van der Waals surface area contributed by atoms with Crippen molar-refractivity contribution in [1.29, 1.82) is 0 Å². The summed E-state index contributed by atoms with van der Waals surface area (Å²) in [6.07, 6.45) is 0. The smallest absolute Gasteiger partial charge is 0.265 e. The molecule has 0 saturated carbocycles. The summed E-state index contributed by atoms with van der Waals surface area (Å²) in [6, 6.07) is 6.32. The zero-order chi connectivity index (χ0) is 14.3. The molecule has 1 aromatic carbocycles. The van der Waals surface area contributed by atoms with Crippen LogP contribution in [0.25, 0.3) is 10.9 Å². The van der Waals surface area contributed by atoms with Gasteiger partial charge < -0.3 is 10.3 Å². The second-order valence-electron chi connectivity index (χ2n) is 5.81. The van der Waals surface area contributed by atoms with Gasteiger partial charge in [0.15, 0.2) is 0 Å². The fraction of sp³-hybridized carbons (Fsp3) is 0.438. The van der Waals surface area contributed by atoms with Gasteiger partial charge in [0.1, 0.15) is 5.69 Å². The molecule has 0 aliphatic rings. The maximum atomic E-state index is 11.5. The maximum absolute atomic E-state index is 11.5. The minimum absolute atomic E-state index is 0.375. The Balaban J connectivity index is 2.84. The van der Waals surface area contributed by atoms with Crippen LogP contribution < -0.4 is 5.73 Å². The predicted molar refractivity (Wildman–Crippen MR) is 79.6 cm³/mol. The van der Waals surface area contributed by atoms with Crippen LogP contribution >= 0.6 is 0 Å². The average molecular weight is 258 g/mol. The topological polar surface area (TPSA) is 48.0 Å². The van der Waals surface area contributed by atoms with Crippen LogP contribution in [0.2, 0.25) is 0 Å². The molecule has 0 aliphatic carbocycles. The first kappa shape index (κ1) is 13.7. The van der Waals surface area contributed by atoms with E-state index in [-0.39, 0.29) is 5.91 Å². The highest BCUT2D eigenvalue weighted by atomic mass is 16.1. The molecule has 3 heteroatoms. The largest absolute Gasteiger partial charge is 0.364 e. The summed E-state index contributed by atoms with van der Waals surface area (Å²) in [5.41, 5.74) is 9.71. The molecule has 2 N–H and O–H groups in total. The van der Waals surface area contributed by atoms with Crippen molar-refractivity contribution < 1.29 is 4.79 Å². The SMILES string of the molecule is CC(C)c1cc(C(C)C)c2c(c1)cc(C(N)=O)n2C. The van der Waals surface area contributed by atoms with Gasteiger partial charge in [-0.1, -0.05) is 33.8 Å². The van der Waals surface area contributed by atoms with Gasteiger partial charge in [0.25, 0.3) is 5.91 Å². The van der Waals surface area contributed by atoms with Crippen molar-refractivity contribution in [2.45, 2.75) is 39.5 Å². The van der Waals surface area contributed by atoms with E-state index in [9.17, 15) is 4.79 Å². The molecule has 0 fully saturated rings. The number of fused-ring (bicyclic) bond motifs is 1. The molecule has 0 bridgehead atoms. The Bertz CT molecular complexity index is 636. The van der Waals surface area contributed by atoms with Crippen molar-refractivity contribution in [2.75, 3.05) is 0 Å². The summed E-state index contributed by atoms with van der Waals surface area (Å²) < 4.78 is 1.91. The van der Waals surface area contributed by atoms with E-state index < -0.39 is 0 Å². The van der Waals surface area contributed by atoms with E-state index in [0.717, 1.165) is 10.9 Å². The third-order valence-electron chi connectivity index (χ3n) is 3.72. The predicted octanol–water partition coefficient (Wildman–Crippen LogP) is 3.52. The molecule has 0 saturated heterocycles. The van der Waals surface area contributed by atoms with Gasteiger partial charge in [-0.3, -0.25) is 4.79 Å². The molecular weight excluding hydrogens is 236 g/mol. The maximum Gasteiger partial charge on any atom is 0.265 e. The highest BCUT2D eigenvalue weighted by Crippen LogP contribution is 2.31. The average Bonchev–Trinajstić information content (AvgIpc) is 2.65. The summed E-state index contributed by atoms with van der Waals surface area (Å²) in [7, 11) is 1.91. The lowest BCUT2D eigenvalue weighted by molar-refractivity contribution is 0.0993. The Morgan fingerprint density at radius 1 is 1.11 bits per heavy atom. The monoisotopic (exact) mass is 258 g/mol. The molecule has 3 nitrogen and oxygen atoms in total. The summed E-state index contributed by atoms with van der Waals surface area (Å²) >= 11 is 0. The summed E-state index contributed by atoms with van der Waals surface area (Å²) in [4.78, 5) is 11.5. The molecular formula is C16H22N2O. The first-order chi connectivity index (χ1) is 8.82. The van der Waals surface area contributed by atoms with Crippen LogP contribution in [-0.4, -0.2) is 10.5 Å². The van der Waals surface area contributed by atoms with Crippen LogP contribution in [0.3, 0.4) is 0 Å². The van der Waals surface area contributed by atoms with Crippen LogP contribution in [0.15, 0.2) is 18.2 Å². The Morgan fingerprint density at radius 3 is 2.21 bits per heavy atom. The second-order valence-corrected chi connectivity index (χ2v) is 5.81. The van der Waals surface area contributed by atoms with Gasteiger partial charge >= 0.3 is 0 Å². The van der Waals surface area contributed by atoms with Gasteiger partial charge in [0.2, 0.25) is 0 Å². The molecule has 1 heterocycles. The van der Waals surface area contributed by atoms with E-state index in [4.69, 9.17) is 5.73 Å². The van der Waals surface area contributed by atoms with Crippen LogP contribution in [0.4, 0.5) is 0 Å². The lowest BCUT2D eigenvalue weighted by atomic mass is 9.93. The summed E-state index contributed by atoms with van der Waals surface area (Å²) in [5, 5.41) is 1.10. The molecule has 0 spiro atoms. The molecule has 1 aromatic heterocycles. The fourth-order valence-corrected chi connectivity index (χ4v) is 2.58. The van der Waals surface area contributed by atoms with Crippen molar-refractivity contribution in [3.8, 4) is 0 Å². The number of primary amides is 1. The molecule has 2 aromatic rings. The van der Waals surface area contributed by atoms with Crippen molar-refractivity contribution in [3.05, 3.63) is 35.0 Å². The van der Waals surface area contributed by atoms with Gasteiger partial charge in [-0.2, -0.15) is 0 Å². The number of rotatable bonds is 3. The highest BCUT2D eigenvalue weighted by molar-refractivity contribution is 5.99. The van der Waals surface area contributed by atoms with Crippen molar-refractivity contribution in [3.63, 3.8) is 0 Å². The van der Waals surface area contributed by atoms with Gasteiger partial charge in [0.05, 0.1) is 5.52 Å². The minimum atomic E-state index is -0.375. The standard InChI is InChI=1S/C16H22N2O/c1-9(2)11-6-12-8-14(16(17)19)18(5)15(12)13(7-11)10(3)4/h6-10H,1-5H3,(H2,17,19). The summed E-state index contributed by atoms with van der Waals surface area (Å²) in [5.74, 6) is 0.508. The summed E-state index contributed by atoms with van der Waals surface area (Å²) in [6.45, 7) is 8.72. The quantitative estimate of drug-likeness (QED) is 0.899. The number of carbonyl (C=O) groups is 1. The van der Waals surface area contributed by atoms with Crippen LogP contribution in [0, 0.1) is 0 Å².